The third-order valence-electron chi connectivity index (χ3n) is 5.76. The summed E-state index contributed by atoms with van der Waals surface area (Å²) < 4.78 is 67.4. The van der Waals surface area contributed by atoms with Crippen LogP contribution >= 0.6 is 11.6 Å². The minimum Gasteiger partial charge on any atom is -0.352 e. The highest BCUT2D eigenvalue weighted by atomic mass is 35.5. The van der Waals surface area contributed by atoms with Gasteiger partial charge in [-0.3, -0.25) is 9.59 Å². The van der Waals surface area contributed by atoms with Crippen molar-refractivity contribution < 1.29 is 31.5 Å². The van der Waals surface area contributed by atoms with Crippen LogP contribution in [0.5, 0.6) is 0 Å². The van der Waals surface area contributed by atoms with Gasteiger partial charge >= 0.3 is 12.1 Å². The van der Waals surface area contributed by atoms with Crippen molar-refractivity contribution in [2.75, 3.05) is 11.9 Å². The maximum absolute atomic E-state index is 13.7. The predicted molar refractivity (Wildman–Crippen MR) is 137 cm³/mol. The van der Waals surface area contributed by atoms with Crippen LogP contribution in [-0.4, -0.2) is 54.3 Å². The van der Waals surface area contributed by atoms with E-state index in [1.165, 1.54) is 36.5 Å². The van der Waals surface area contributed by atoms with E-state index in [-0.39, 0.29) is 45.6 Å². The molecule has 42 heavy (non-hydrogen) atoms. The number of hydrogen-bond donors (Lipinski definition) is 2. The van der Waals surface area contributed by atoms with Gasteiger partial charge in [0.25, 0.3) is 11.8 Å². The number of rotatable bonds is 8. The van der Waals surface area contributed by atoms with Crippen LogP contribution in [0.1, 0.15) is 50.3 Å². The van der Waals surface area contributed by atoms with Crippen molar-refractivity contribution in [1.82, 2.24) is 35.1 Å². The fourth-order valence-corrected chi connectivity index (χ4v) is 4.03. The Morgan fingerprint density at radius 3 is 2.52 bits per heavy atom. The Balaban J connectivity index is 1.75. The van der Waals surface area contributed by atoms with E-state index >= 15 is 0 Å². The molecule has 0 unspecified atom stereocenters. The number of benzene rings is 1. The molecule has 0 aliphatic rings. The van der Waals surface area contributed by atoms with Gasteiger partial charge in [-0.15, -0.1) is 5.10 Å². The second-order valence-electron chi connectivity index (χ2n) is 8.76. The lowest BCUT2D eigenvalue weighted by atomic mass is 10.0. The molecule has 0 radical (unpaired) electrons. The third-order valence-corrected chi connectivity index (χ3v) is 6.05. The summed E-state index contributed by atoms with van der Waals surface area (Å²) in [6.07, 6.45) is -4.10. The molecule has 17 heteroatoms. The van der Waals surface area contributed by atoms with Gasteiger partial charge in [0.2, 0.25) is 0 Å². The zero-order chi connectivity index (χ0) is 30.8. The largest absolute Gasteiger partial charge is 0.459 e. The molecule has 218 valence electrons. The molecular formula is C25H19ClF5N9O2. The number of alkyl halides is 5. The van der Waals surface area contributed by atoms with Gasteiger partial charge in [-0.2, -0.15) is 32.3 Å². The number of amides is 2. The number of carbonyl (C=O) groups excluding carboxylic acids is 2. The number of nitrogens with one attached hydrogen (secondary N) is 2. The smallest absolute Gasteiger partial charge is 0.352 e. The molecule has 0 aliphatic heterocycles. The summed E-state index contributed by atoms with van der Waals surface area (Å²) in [4.78, 5) is 30.4. The van der Waals surface area contributed by atoms with Crippen molar-refractivity contribution in [1.29, 1.82) is 5.26 Å². The van der Waals surface area contributed by atoms with Crippen molar-refractivity contribution in [2.45, 2.75) is 32.5 Å². The molecule has 0 saturated carbocycles. The van der Waals surface area contributed by atoms with Crippen LogP contribution in [-0.2, 0) is 12.5 Å². The maximum Gasteiger partial charge on any atom is 0.459 e. The van der Waals surface area contributed by atoms with Gasteiger partial charge in [0.1, 0.15) is 5.69 Å². The fourth-order valence-electron chi connectivity index (χ4n) is 3.82. The molecule has 0 bridgehead atoms. The summed E-state index contributed by atoms with van der Waals surface area (Å²) in [6, 6.07) is 8.93. The number of nitrogens with zero attached hydrogens (tertiary/aromatic N) is 7. The van der Waals surface area contributed by atoms with E-state index < -0.39 is 36.2 Å². The minimum absolute atomic E-state index is 0.000972. The minimum atomic E-state index is -5.88. The fraction of sp³-hybridized carbons (Fsp3) is 0.240. The number of hydrogen-bond acceptors (Lipinski definition) is 7. The van der Waals surface area contributed by atoms with Crippen LogP contribution in [0.2, 0.25) is 5.02 Å². The number of anilines is 1. The van der Waals surface area contributed by atoms with E-state index in [0.29, 0.717) is 16.4 Å². The van der Waals surface area contributed by atoms with Gasteiger partial charge < -0.3 is 10.6 Å². The van der Waals surface area contributed by atoms with E-state index in [1.54, 1.807) is 13.8 Å². The van der Waals surface area contributed by atoms with Crippen LogP contribution < -0.4 is 10.6 Å². The van der Waals surface area contributed by atoms with Crippen molar-refractivity contribution in [2.24, 2.45) is 0 Å². The average Bonchev–Trinajstić information content (AvgIpc) is 3.57. The Morgan fingerprint density at radius 2 is 1.88 bits per heavy atom. The van der Waals surface area contributed by atoms with E-state index in [9.17, 15) is 36.8 Å². The maximum atomic E-state index is 13.7. The van der Waals surface area contributed by atoms with E-state index in [1.807, 2.05) is 6.07 Å². The molecule has 0 saturated heterocycles. The number of nitriles is 1. The van der Waals surface area contributed by atoms with Crippen molar-refractivity contribution in [3.05, 3.63) is 81.5 Å². The predicted octanol–water partition coefficient (Wildman–Crippen LogP) is 4.40. The third kappa shape index (κ3) is 5.91. The van der Waals surface area contributed by atoms with Crippen LogP contribution in [0.4, 0.5) is 27.6 Å². The molecule has 0 spiro atoms. The Labute approximate surface area is 238 Å². The van der Waals surface area contributed by atoms with Crippen LogP contribution in [0.25, 0.3) is 5.82 Å². The zero-order valence-corrected chi connectivity index (χ0v) is 22.4. The Kier molecular flexibility index (Phi) is 8.25. The highest BCUT2D eigenvalue weighted by Crippen LogP contribution is 2.42. The molecule has 0 atom stereocenters. The van der Waals surface area contributed by atoms with E-state index in [2.05, 4.69) is 31.0 Å². The summed E-state index contributed by atoms with van der Waals surface area (Å²) in [5.41, 5.74) is -1.11. The lowest BCUT2D eigenvalue weighted by molar-refractivity contribution is -0.291. The summed E-state index contributed by atoms with van der Waals surface area (Å²) >= 11 is 6.27. The van der Waals surface area contributed by atoms with E-state index in [0.717, 1.165) is 4.68 Å². The molecule has 0 fully saturated rings. The second-order valence-corrected chi connectivity index (χ2v) is 9.16. The van der Waals surface area contributed by atoms with Gasteiger partial charge in [0, 0.05) is 12.7 Å². The van der Waals surface area contributed by atoms with Crippen molar-refractivity contribution >= 4 is 29.1 Å². The quantitative estimate of drug-likeness (QED) is 0.283. The number of halogens is 6. The number of aromatic nitrogens is 6. The molecule has 3 aromatic heterocycles. The monoisotopic (exact) mass is 607 g/mol. The highest BCUT2D eigenvalue weighted by Gasteiger charge is 2.60. The molecule has 2 amide bonds. The normalized spacial score (nSPS) is 11.7. The molecular weight excluding hydrogens is 589 g/mol. The van der Waals surface area contributed by atoms with Crippen LogP contribution in [0.15, 0.2) is 42.7 Å². The number of pyridine rings is 1. The Hall–Kier alpha value is -4.91. The standard InChI is InChI=1S/C25H19ClF5N9O2/c1-3-33-22(41)16-8-14(10-32)7-13(2)20(16)35-23(42)18-9-15(37-40(18)21-17(26)5-4-6-34-21)11-39-12-19(36-38-39)24(27,28)25(29,30)31/h4-9,12H,3,11H2,1-2H3,(H,33,41)(H,35,42). The number of aryl methyl sites for hydroxylation is 1. The first-order valence-electron chi connectivity index (χ1n) is 12.0. The van der Waals surface area contributed by atoms with Gasteiger partial charge in [0.05, 0.1) is 46.3 Å². The lowest BCUT2D eigenvalue weighted by Gasteiger charge is -2.16. The first-order valence-corrected chi connectivity index (χ1v) is 12.3. The van der Waals surface area contributed by atoms with Crippen molar-refractivity contribution in [3.63, 3.8) is 0 Å². The van der Waals surface area contributed by atoms with Gasteiger partial charge in [-0.05, 0) is 49.7 Å². The van der Waals surface area contributed by atoms with Crippen molar-refractivity contribution in [3.8, 4) is 11.9 Å². The molecule has 3 heterocycles. The Bertz CT molecular complexity index is 1710. The molecule has 11 nitrogen and oxygen atoms in total. The highest BCUT2D eigenvalue weighted by molar-refractivity contribution is 6.32. The molecule has 1 aromatic carbocycles. The first-order chi connectivity index (χ1) is 19.8. The van der Waals surface area contributed by atoms with Gasteiger partial charge in [-0.25, -0.2) is 14.3 Å². The summed E-state index contributed by atoms with van der Waals surface area (Å²) in [7, 11) is 0. The first kappa shape index (κ1) is 30.1. The molecule has 0 aliphatic carbocycles. The Morgan fingerprint density at radius 1 is 1.14 bits per heavy atom. The summed E-state index contributed by atoms with van der Waals surface area (Å²) in [5.74, 6) is -6.60. The van der Waals surface area contributed by atoms with Gasteiger partial charge in [0.15, 0.2) is 11.5 Å². The molecule has 2 N–H and O–H groups in total. The molecule has 4 rings (SSSR count). The topological polar surface area (TPSA) is 143 Å². The summed E-state index contributed by atoms with van der Waals surface area (Å²) in [5, 5.41) is 25.2. The molecule has 4 aromatic rings. The van der Waals surface area contributed by atoms with E-state index in [4.69, 9.17) is 11.6 Å². The zero-order valence-electron chi connectivity index (χ0n) is 21.7. The second kappa shape index (κ2) is 11.5. The average molecular weight is 608 g/mol. The SMILES string of the molecule is CCNC(=O)c1cc(C#N)cc(C)c1NC(=O)c1cc(Cn2cc(C(F)(F)C(F)(F)F)nn2)nn1-c1ncccc1Cl. The summed E-state index contributed by atoms with van der Waals surface area (Å²) in [6.45, 7) is 3.08. The number of carbonyl (C=O) groups is 2. The van der Waals surface area contributed by atoms with Crippen LogP contribution in [0, 0.1) is 18.3 Å². The lowest BCUT2D eigenvalue weighted by Crippen LogP contribution is -2.34. The van der Waals surface area contributed by atoms with Gasteiger partial charge in [-0.1, -0.05) is 16.8 Å². The van der Waals surface area contributed by atoms with Crippen LogP contribution in [0.3, 0.4) is 0 Å².